The van der Waals surface area contributed by atoms with Crippen LogP contribution in [0.5, 0.6) is 5.75 Å². The summed E-state index contributed by atoms with van der Waals surface area (Å²) in [5.41, 5.74) is 0.869. The smallest absolute Gasteiger partial charge is 0.136 e. The second-order valence-corrected chi connectivity index (χ2v) is 4.21. The van der Waals surface area contributed by atoms with Crippen molar-refractivity contribution >= 4 is 0 Å². The van der Waals surface area contributed by atoms with Gasteiger partial charge in [-0.2, -0.15) is 0 Å². The van der Waals surface area contributed by atoms with Crippen molar-refractivity contribution in [3.8, 4) is 18.1 Å². The minimum Gasteiger partial charge on any atom is -0.487 e. The molecule has 2 heteroatoms. The van der Waals surface area contributed by atoms with Crippen molar-refractivity contribution in [2.45, 2.75) is 26.4 Å². The van der Waals surface area contributed by atoms with E-state index in [0.29, 0.717) is 16.9 Å². The van der Waals surface area contributed by atoms with Gasteiger partial charge in [-0.15, -0.1) is 6.42 Å². The normalized spacial score (nSPS) is 10.9. The molecule has 0 saturated carbocycles. The molecule has 1 radical (unpaired) electrons. The Morgan fingerprint density at radius 1 is 1.40 bits per heavy atom. The van der Waals surface area contributed by atoms with Crippen LogP contribution in [-0.2, 0) is 0 Å². The fourth-order valence-corrected chi connectivity index (χ4v) is 1.23. The van der Waals surface area contributed by atoms with E-state index in [9.17, 15) is 0 Å². The van der Waals surface area contributed by atoms with Gasteiger partial charge in [0.2, 0.25) is 0 Å². The van der Waals surface area contributed by atoms with Crippen molar-refractivity contribution in [3.05, 3.63) is 35.9 Å². The lowest BCUT2D eigenvalue weighted by molar-refractivity contribution is 0.130. The van der Waals surface area contributed by atoms with Gasteiger partial charge < -0.3 is 9.84 Å². The molecule has 0 atom stereocenters. The molecule has 1 aromatic carbocycles. The summed E-state index contributed by atoms with van der Waals surface area (Å²) in [6, 6.07) is 5.34. The molecule has 0 heterocycles. The maximum atomic E-state index is 9.00. The Labute approximate surface area is 90.9 Å². The van der Waals surface area contributed by atoms with Crippen molar-refractivity contribution in [1.29, 1.82) is 0 Å². The predicted molar refractivity (Wildman–Crippen MR) is 60.1 cm³/mol. The number of hydrogen-bond donors (Lipinski definition) is 1. The maximum absolute atomic E-state index is 9.00. The minimum absolute atomic E-state index is 0.306. The Kier molecular flexibility index (Phi) is 3.39. The standard InChI is InChI=1S/C13H15O2/c1-5-11-10(9-14)7-6-8-12(11)15-13(2,3)4/h1,6-9,14H,2-4H3. The van der Waals surface area contributed by atoms with Crippen LogP contribution in [0, 0.1) is 19.0 Å². The zero-order chi connectivity index (χ0) is 11.5. The Hall–Kier alpha value is -1.46. The van der Waals surface area contributed by atoms with E-state index >= 15 is 0 Å². The van der Waals surface area contributed by atoms with Gasteiger partial charge >= 0.3 is 0 Å². The van der Waals surface area contributed by atoms with Crippen LogP contribution < -0.4 is 4.74 Å². The highest BCUT2D eigenvalue weighted by atomic mass is 16.5. The van der Waals surface area contributed by atoms with Crippen LogP contribution in [0.1, 0.15) is 31.9 Å². The quantitative estimate of drug-likeness (QED) is 0.749. The van der Waals surface area contributed by atoms with Crippen LogP contribution >= 0.6 is 0 Å². The van der Waals surface area contributed by atoms with E-state index in [0.717, 1.165) is 6.61 Å². The molecule has 79 valence electrons. The van der Waals surface area contributed by atoms with E-state index in [-0.39, 0.29) is 5.60 Å². The molecule has 15 heavy (non-hydrogen) atoms. The highest BCUT2D eigenvalue weighted by Gasteiger charge is 2.15. The zero-order valence-electron chi connectivity index (χ0n) is 9.24. The Morgan fingerprint density at radius 3 is 2.53 bits per heavy atom. The summed E-state index contributed by atoms with van der Waals surface area (Å²) in [5, 5.41) is 9.00. The summed E-state index contributed by atoms with van der Waals surface area (Å²) in [5.74, 6) is 3.14. The van der Waals surface area contributed by atoms with Crippen LogP contribution in [-0.4, -0.2) is 10.7 Å². The summed E-state index contributed by atoms with van der Waals surface area (Å²) >= 11 is 0. The number of hydrogen-bond acceptors (Lipinski definition) is 2. The first-order valence-electron chi connectivity index (χ1n) is 4.74. The third kappa shape index (κ3) is 3.00. The number of benzene rings is 1. The van der Waals surface area contributed by atoms with E-state index < -0.39 is 0 Å². The second-order valence-electron chi connectivity index (χ2n) is 4.21. The van der Waals surface area contributed by atoms with E-state index in [1.165, 1.54) is 0 Å². The van der Waals surface area contributed by atoms with E-state index in [4.69, 9.17) is 16.3 Å². The van der Waals surface area contributed by atoms with E-state index in [1.54, 1.807) is 18.2 Å². The van der Waals surface area contributed by atoms with Crippen LogP contribution in [0.4, 0.5) is 0 Å². The second kappa shape index (κ2) is 4.37. The Bertz CT molecular complexity index is 381. The molecule has 0 unspecified atom stereocenters. The molecule has 0 aromatic heterocycles. The van der Waals surface area contributed by atoms with Gasteiger partial charge in [-0.1, -0.05) is 18.1 Å². The van der Waals surface area contributed by atoms with Gasteiger partial charge in [0.15, 0.2) is 0 Å². The van der Waals surface area contributed by atoms with Crippen molar-refractivity contribution in [3.63, 3.8) is 0 Å². The third-order valence-corrected chi connectivity index (χ3v) is 1.76. The lowest BCUT2D eigenvalue weighted by Crippen LogP contribution is -2.23. The number of aliphatic hydroxyl groups is 1. The molecular weight excluding hydrogens is 188 g/mol. The topological polar surface area (TPSA) is 29.5 Å². The molecule has 2 nitrogen and oxygen atoms in total. The molecule has 1 rings (SSSR count). The highest BCUT2D eigenvalue weighted by Crippen LogP contribution is 2.25. The van der Waals surface area contributed by atoms with Crippen LogP contribution in [0.25, 0.3) is 0 Å². The van der Waals surface area contributed by atoms with Gasteiger partial charge in [-0.25, -0.2) is 0 Å². The van der Waals surface area contributed by atoms with Gasteiger partial charge in [-0.3, -0.25) is 0 Å². The molecule has 0 saturated heterocycles. The van der Waals surface area contributed by atoms with Crippen molar-refractivity contribution < 1.29 is 9.84 Å². The number of aliphatic hydroxyl groups excluding tert-OH is 1. The van der Waals surface area contributed by atoms with Gasteiger partial charge in [0.25, 0.3) is 0 Å². The van der Waals surface area contributed by atoms with Crippen LogP contribution in [0.2, 0.25) is 0 Å². The van der Waals surface area contributed by atoms with Gasteiger partial charge in [0.1, 0.15) is 18.0 Å². The fourth-order valence-electron chi connectivity index (χ4n) is 1.23. The molecule has 1 N–H and O–H groups in total. The van der Waals surface area contributed by atoms with Gasteiger partial charge in [0, 0.05) is 5.56 Å². The lowest BCUT2D eigenvalue weighted by Gasteiger charge is -2.22. The maximum Gasteiger partial charge on any atom is 0.136 e. The monoisotopic (exact) mass is 203 g/mol. The van der Waals surface area contributed by atoms with Gasteiger partial charge in [-0.05, 0) is 26.8 Å². The first-order chi connectivity index (χ1) is 6.98. The summed E-state index contributed by atoms with van der Waals surface area (Å²) in [4.78, 5) is 0. The molecule has 0 fully saturated rings. The summed E-state index contributed by atoms with van der Waals surface area (Å²) < 4.78 is 5.69. The Balaban J connectivity index is 3.14. The molecule has 0 amide bonds. The number of ether oxygens (including phenoxy) is 1. The summed E-state index contributed by atoms with van der Waals surface area (Å²) in [7, 11) is 0. The number of terminal acetylenes is 1. The van der Waals surface area contributed by atoms with E-state index in [2.05, 4.69) is 5.92 Å². The zero-order valence-corrected chi connectivity index (χ0v) is 9.24. The molecule has 0 aliphatic carbocycles. The van der Waals surface area contributed by atoms with Gasteiger partial charge in [0.05, 0.1) is 5.56 Å². The highest BCUT2D eigenvalue weighted by molar-refractivity contribution is 5.52. The predicted octanol–water partition coefficient (Wildman–Crippen LogP) is 2.73. The molecule has 0 aliphatic rings. The minimum atomic E-state index is -0.306. The average Bonchev–Trinajstić information content (AvgIpc) is 2.15. The lowest BCUT2D eigenvalue weighted by atomic mass is 10.1. The third-order valence-electron chi connectivity index (χ3n) is 1.76. The molecular formula is C13H15O2. The molecule has 1 aromatic rings. The largest absolute Gasteiger partial charge is 0.487 e. The van der Waals surface area contributed by atoms with E-state index in [1.807, 2.05) is 20.8 Å². The molecule has 0 bridgehead atoms. The van der Waals surface area contributed by atoms with Crippen molar-refractivity contribution in [2.24, 2.45) is 0 Å². The number of rotatable bonds is 2. The first-order valence-corrected chi connectivity index (χ1v) is 4.74. The average molecular weight is 203 g/mol. The SMILES string of the molecule is C#Cc1c([CH]O)cccc1OC(C)(C)C. The Morgan fingerprint density at radius 2 is 2.07 bits per heavy atom. The van der Waals surface area contributed by atoms with Crippen molar-refractivity contribution in [2.75, 3.05) is 0 Å². The fraction of sp³-hybridized carbons (Fsp3) is 0.308. The van der Waals surface area contributed by atoms with Crippen LogP contribution in [0.15, 0.2) is 18.2 Å². The van der Waals surface area contributed by atoms with Crippen molar-refractivity contribution in [1.82, 2.24) is 0 Å². The summed E-state index contributed by atoms with van der Waals surface area (Å²) in [6.07, 6.45) is 5.38. The first kappa shape index (κ1) is 11.6. The van der Waals surface area contributed by atoms with Crippen LogP contribution in [0.3, 0.4) is 0 Å². The summed E-state index contributed by atoms with van der Waals surface area (Å²) in [6.45, 7) is 6.83. The molecule has 0 spiro atoms. The molecule has 0 aliphatic heterocycles.